The molecule has 1 aromatic heterocycles. The highest BCUT2D eigenvalue weighted by atomic mass is 32.1. The third-order valence-electron chi connectivity index (χ3n) is 7.43. The molecule has 1 saturated carbocycles. The average Bonchev–Trinajstić information content (AvgIpc) is 3.40. The maximum absolute atomic E-state index is 12.8. The maximum Gasteiger partial charge on any atom is 0.140 e. The van der Waals surface area contributed by atoms with Gasteiger partial charge in [-0.15, -0.1) is 11.3 Å². The minimum absolute atomic E-state index is 0.140. The maximum atomic E-state index is 12.8. The number of allylic oxidation sites excluding steroid dienone is 2. The van der Waals surface area contributed by atoms with Crippen LogP contribution in [0.3, 0.4) is 0 Å². The molecule has 0 saturated heterocycles. The molecule has 1 aromatic rings. The van der Waals surface area contributed by atoms with Gasteiger partial charge in [0.15, 0.2) is 0 Å². The van der Waals surface area contributed by atoms with Gasteiger partial charge in [-0.2, -0.15) is 0 Å². The molecule has 1 heterocycles. The molecule has 0 radical (unpaired) electrons. The van der Waals surface area contributed by atoms with Crippen molar-refractivity contribution in [1.29, 1.82) is 0 Å². The zero-order chi connectivity index (χ0) is 23.8. The molecule has 4 heteroatoms. The van der Waals surface area contributed by atoms with E-state index in [1.807, 2.05) is 13.8 Å². The van der Waals surface area contributed by atoms with Crippen LogP contribution in [0.2, 0.25) is 0 Å². The van der Waals surface area contributed by atoms with Gasteiger partial charge in [-0.25, -0.2) is 0 Å². The lowest BCUT2D eigenvalue weighted by Crippen LogP contribution is -2.26. The third-order valence-corrected chi connectivity index (χ3v) is 8.61. The lowest BCUT2D eigenvalue weighted by Gasteiger charge is -2.30. The number of ether oxygens (including phenoxy) is 1. The first-order valence-corrected chi connectivity index (χ1v) is 14.0. The van der Waals surface area contributed by atoms with Crippen LogP contribution in [0.25, 0.3) is 5.76 Å². The Balaban J connectivity index is 1.48. The van der Waals surface area contributed by atoms with Crippen molar-refractivity contribution in [2.24, 2.45) is 17.8 Å². The summed E-state index contributed by atoms with van der Waals surface area (Å²) in [6, 6.07) is 4.31. The molecule has 4 atom stereocenters. The quantitative estimate of drug-likeness (QED) is 0.181. The number of ketones is 1. The number of aliphatic hydroxyl groups excluding tert-OH is 1. The van der Waals surface area contributed by atoms with E-state index in [-0.39, 0.29) is 18.1 Å². The molecule has 0 bridgehead atoms. The highest BCUT2D eigenvalue weighted by molar-refractivity contribution is 7.13. The Morgan fingerprint density at radius 1 is 1.21 bits per heavy atom. The summed E-state index contributed by atoms with van der Waals surface area (Å²) >= 11 is 1.78. The van der Waals surface area contributed by atoms with Crippen LogP contribution in [0.5, 0.6) is 0 Å². The van der Waals surface area contributed by atoms with Crippen LogP contribution >= 0.6 is 11.3 Å². The Morgan fingerprint density at radius 3 is 2.73 bits per heavy atom. The molecule has 0 aliphatic heterocycles. The van der Waals surface area contributed by atoms with Crippen molar-refractivity contribution in [3.63, 3.8) is 0 Å². The van der Waals surface area contributed by atoms with Crippen LogP contribution in [-0.2, 0) is 16.0 Å². The van der Waals surface area contributed by atoms with Gasteiger partial charge in [0.2, 0.25) is 0 Å². The Hall–Kier alpha value is -1.39. The van der Waals surface area contributed by atoms with Gasteiger partial charge in [0.25, 0.3) is 0 Å². The molecule has 3 rings (SSSR count). The molecule has 0 spiro atoms. The van der Waals surface area contributed by atoms with Gasteiger partial charge in [-0.1, -0.05) is 44.4 Å². The molecule has 2 aliphatic carbocycles. The standard InChI is InChI=1S/C29H44O3S/c1-5-6-7-11-26(30)22-12-14-24(15-13-22)29-23(16-18-27(29)31)9-8-10-25-17-19-28(33-25)21(4)32-20(2)3/h14,17,19-20,22-23,26,29-30H,4-13,15-16,18H2,1-3H3/t22-,23+,26?,29?/m0/s1. The van der Waals surface area contributed by atoms with Crippen molar-refractivity contribution in [1.82, 2.24) is 0 Å². The third kappa shape index (κ3) is 7.55. The lowest BCUT2D eigenvalue weighted by atomic mass is 9.76. The van der Waals surface area contributed by atoms with Gasteiger partial charge >= 0.3 is 0 Å². The molecule has 1 fully saturated rings. The van der Waals surface area contributed by atoms with E-state index in [4.69, 9.17) is 4.74 Å². The molecule has 184 valence electrons. The second kappa shape index (κ2) is 12.9. The van der Waals surface area contributed by atoms with Gasteiger partial charge in [-0.05, 0) is 89.2 Å². The second-order valence-corrected chi connectivity index (χ2v) is 11.5. The zero-order valence-electron chi connectivity index (χ0n) is 21.0. The smallest absolute Gasteiger partial charge is 0.140 e. The predicted molar refractivity (Wildman–Crippen MR) is 139 cm³/mol. The molecule has 33 heavy (non-hydrogen) atoms. The normalized spacial score (nSPS) is 24.2. The number of hydrogen-bond donors (Lipinski definition) is 1. The summed E-state index contributed by atoms with van der Waals surface area (Å²) in [6.07, 6.45) is 14.8. The molecular weight excluding hydrogens is 428 g/mol. The first-order valence-electron chi connectivity index (χ1n) is 13.2. The second-order valence-electron chi connectivity index (χ2n) is 10.4. The van der Waals surface area contributed by atoms with E-state index in [0.29, 0.717) is 17.6 Å². The summed E-state index contributed by atoms with van der Waals surface area (Å²) in [5.74, 6) is 2.23. The fraction of sp³-hybridized carbons (Fsp3) is 0.690. The fourth-order valence-electron chi connectivity index (χ4n) is 5.62. The zero-order valence-corrected chi connectivity index (χ0v) is 21.8. The number of carbonyl (C=O) groups excluding carboxylic acids is 1. The number of aryl methyl sites for hydroxylation is 1. The predicted octanol–water partition coefficient (Wildman–Crippen LogP) is 7.73. The highest BCUT2D eigenvalue weighted by Crippen LogP contribution is 2.42. The average molecular weight is 473 g/mol. The van der Waals surface area contributed by atoms with E-state index < -0.39 is 0 Å². The van der Waals surface area contributed by atoms with Crippen molar-refractivity contribution in [3.8, 4) is 0 Å². The van der Waals surface area contributed by atoms with Crippen LogP contribution in [0.1, 0.15) is 101 Å². The van der Waals surface area contributed by atoms with E-state index in [1.165, 1.54) is 23.3 Å². The van der Waals surface area contributed by atoms with E-state index in [2.05, 4.69) is 31.7 Å². The van der Waals surface area contributed by atoms with Crippen LogP contribution in [0, 0.1) is 17.8 Å². The van der Waals surface area contributed by atoms with E-state index in [1.54, 1.807) is 11.3 Å². The molecule has 0 aromatic carbocycles. The van der Waals surface area contributed by atoms with E-state index in [9.17, 15) is 9.90 Å². The van der Waals surface area contributed by atoms with Crippen LogP contribution < -0.4 is 0 Å². The minimum Gasteiger partial charge on any atom is -0.490 e. The largest absolute Gasteiger partial charge is 0.490 e. The van der Waals surface area contributed by atoms with Crippen molar-refractivity contribution in [2.45, 2.75) is 110 Å². The summed E-state index contributed by atoms with van der Waals surface area (Å²) in [6.45, 7) is 10.3. The molecule has 1 N–H and O–H groups in total. The van der Waals surface area contributed by atoms with Crippen molar-refractivity contribution in [3.05, 3.63) is 40.1 Å². The number of hydrogen-bond acceptors (Lipinski definition) is 4. The van der Waals surface area contributed by atoms with Gasteiger partial charge < -0.3 is 9.84 Å². The van der Waals surface area contributed by atoms with Crippen molar-refractivity contribution >= 4 is 22.9 Å². The Morgan fingerprint density at radius 2 is 2.03 bits per heavy atom. The fourth-order valence-corrected chi connectivity index (χ4v) is 6.59. The molecule has 2 unspecified atom stereocenters. The van der Waals surface area contributed by atoms with Crippen LogP contribution in [0.15, 0.2) is 30.4 Å². The highest BCUT2D eigenvalue weighted by Gasteiger charge is 2.37. The van der Waals surface area contributed by atoms with Gasteiger partial charge in [-0.3, -0.25) is 4.79 Å². The monoisotopic (exact) mass is 472 g/mol. The first kappa shape index (κ1) is 26.2. The summed E-state index contributed by atoms with van der Waals surface area (Å²) in [7, 11) is 0. The number of rotatable bonds is 13. The molecule has 0 amide bonds. The Kier molecular flexibility index (Phi) is 10.2. The summed E-state index contributed by atoms with van der Waals surface area (Å²) in [5, 5.41) is 10.6. The minimum atomic E-state index is -0.179. The summed E-state index contributed by atoms with van der Waals surface area (Å²) in [5.41, 5.74) is 1.38. The van der Waals surface area contributed by atoms with Crippen molar-refractivity contribution in [2.75, 3.05) is 0 Å². The Labute approximate surface area is 205 Å². The Bertz CT molecular complexity index is 806. The SMILES string of the molecule is C=C(OC(C)C)c1ccc(CCC[C@@H]2CCC(=O)C2C2=CC[C@H](C(O)CCCCC)CC2)s1. The molecular formula is C29H44O3S. The van der Waals surface area contributed by atoms with Gasteiger partial charge in [0.1, 0.15) is 11.5 Å². The van der Waals surface area contributed by atoms with E-state index in [0.717, 1.165) is 74.8 Å². The molecule has 2 aliphatic rings. The van der Waals surface area contributed by atoms with Gasteiger partial charge in [0.05, 0.1) is 17.1 Å². The number of Topliss-reactive ketones (excluding diaryl/α,β-unsaturated/α-hetero) is 1. The summed E-state index contributed by atoms with van der Waals surface area (Å²) < 4.78 is 5.73. The number of carbonyl (C=O) groups is 1. The van der Waals surface area contributed by atoms with Crippen LogP contribution in [0.4, 0.5) is 0 Å². The van der Waals surface area contributed by atoms with Crippen LogP contribution in [-0.4, -0.2) is 23.1 Å². The van der Waals surface area contributed by atoms with Gasteiger partial charge in [0, 0.05) is 17.2 Å². The lowest BCUT2D eigenvalue weighted by molar-refractivity contribution is -0.120. The van der Waals surface area contributed by atoms with E-state index >= 15 is 0 Å². The van der Waals surface area contributed by atoms with Crippen molar-refractivity contribution < 1.29 is 14.6 Å². The first-order chi connectivity index (χ1) is 15.9. The number of thiophene rings is 1. The number of aliphatic hydroxyl groups is 1. The summed E-state index contributed by atoms with van der Waals surface area (Å²) in [4.78, 5) is 15.2. The topological polar surface area (TPSA) is 46.5 Å². The number of unbranched alkanes of at least 4 members (excludes halogenated alkanes) is 2. The molecule has 3 nitrogen and oxygen atoms in total.